The van der Waals surface area contributed by atoms with E-state index in [9.17, 15) is 0 Å². The molecule has 0 saturated carbocycles. The standard InChI is InChI=1S/2C6H14O2.C2H6O2.W/c2*1-5(2,7)6(3,4)8;3-1-2-4;/h2*7-8H,1-4H3;3-4H,1-2H2;. The summed E-state index contributed by atoms with van der Waals surface area (Å²) in [6.07, 6.45) is 0. The molecule has 6 nitrogen and oxygen atoms in total. The van der Waals surface area contributed by atoms with E-state index in [0.717, 1.165) is 0 Å². The molecule has 0 aromatic heterocycles. The normalized spacial score (nSPS) is 12.3. The molecule has 0 aliphatic heterocycles. The molecule has 0 unspecified atom stereocenters. The molecule has 0 bridgehead atoms. The van der Waals surface area contributed by atoms with Gasteiger partial charge in [0.2, 0.25) is 0 Å². The van der Waals surface area contributed by atoms with Crippen LogP contribution in [0.15, 0.2) is 0 Å². The van der Waals surface area contributed by atoms with E-state index in [2.05, 4.69) is 0 Å². The fourth-order valence-corrected chi connectivity index (χ4v) is 0. The molecule has 0 aromatic carbocycles. The van der Waals surface area contributed by atoms with Crippen molar-refractivity contribution in [2.75, 3.05) is 13.2 Å². The Morgan fingerprint density at radius 1 is 0.476 bits per heavy atom. The average molecular weight is 482 g/mol. The molecular weight excluding hydrogens is 448 g/mol. The van der Waals surface area contributed by atoms with E-state index in [1.807, 2.05) is 0 Å². The van der Waals surface area contributed by atoms with Crippen molar-refractivity contribution in [3.05, 3.63) is 0 Å². The Labute approximate surface area is 143 Å². The monoisotopic (exact) mass is 482 g/mol. The van der Waals surface area contributed by atoms with Gasteiger partial charge >= 0.3 is 0 Å². The Morgan fingerprint density at radius 3 is 0.571 bits per heavy atom. The van der Waals surface area contributed by atoms with Crippen molar-refractivity contribution in [2.45, 2.75) is 77.8 Å². The molecule has 0 aliphatic rings. The zero-order valence-electron chi connectivity index (χ0n) is 14.5. The van der Waals surface area contributed by atoms with Crippen molar-refractivity contribution in [1.82, 2.24) is 0 Å². The maximum atomic E-state index is 9.10. The molecule has 0 aliphatic carbocycles. The number of rotatable bonds is 3. The van der Waals surface area contributed by atoms with Gasteiger partial charge in [0.05, 0.1) is 35.6 Å². The second-order valence-electron chi connectivity index (χ2n) is 6.68. The molecule has 0 radical (unpaired) electrons. The molecule has 21 heavy (non-hydrogen) atoms. The summed E-state index contributed by atoms with van der Waals surface area (Å²) in [5.41, 5.74) is -4.03. The fraction of sp³-hybridized carbons (Fsp3) is 1.00. The van der Waals surface area contributed by atoms with Gasteiger partial charge < -0.3 is 30.6 Å². The molecule has 7 heteroatoms. The Bertz CT molecular complexity index is 180. The number of aliphatic hydroxyl groups excluding tert-OH is 2. The largest absolute Gasteiger partial charge is 0.394 e. The van der Waals surface area contributed by atoms with Crippen molar-refractivity contribution in [2.24, 2.45) is 0 Å². The average Bonchev–Trinajstić information content (AvgIpc) is 2.12. The predicted molar refractivity (Wildman–Crippen MR) is 79.4 cm³/mol. The van der Waals surface area contributed by atoms with Gasteiger partial charge in [-0.3, -0.25) is 0 Å². The van der Waals surface area contributed by atoms with E-state index < -0.39 is 22.4 Å². The van der Waals surface area contributed by atoms with Crippen LogP contribution in [0.4, 0.5) is 0 Å². The zero-order valence-corrected chi connectivity index (χ0v) is 17.4. The maximum Gasteiger partial charge on any atom is 0.0872 e. The second-order valence-corrected chi connectivity index (χ2v) is 6.68. The van der Waals surface area contributed by atoms with Gasteiger partial charge in [0.25, 0.3) is 0 Å². The molecule has 0 heterocycles. The van der Waals surface area contributed by atoms with Crippen molar-refractivity contribution in [1.29, 1.82) is 0 Å². The molecule has 0 amide bonds. The van der Waals surface area contributed by atoms with Gasteiger partial charge in [-0.15, -0.1) is 0 Å². The number of hydrogen-bond donors (Lipinski definition) is 6. The van der Waals surface area contributed by atoms with Crippen LogP contribution in [-0.4, -0.2) is 66.3 Å². The van der Waals surface area contributed by atoms with Crippen LogP contribution in [0.25, 0.3) is 0 Å². The number of hydrogen-bond acceptors (Lipinski definition) is 6. The van der Waals surface area contributed by atoms with Crippen LogP contribution in [0.1, 0.15) is 55.4 Å². The van der Waals surface area contributed by atoms with Gasteiger partial charge in [-0.1, -0.05) is 0 Å². The molecule has 6 N–H and O–H groups in total. The Morgan fingerprint density at radius 2 is 0.571 bits per heavy atom. The third-order valence-electron chi connectivity index (χ3n) is 3.09. The van der Waals surface area contributed by atoms with Crippen LogP contribution >= 0.6 is 0 Å². The molecule has 0 spiro atoms. The van der Waals surface area contributed by atoms with E-state index in [-0.39, 0.29) is 34.3 Å². The van der Waals surface area contributed by atoms with Gasteiger partial charge in [0.15, 0.2) is 0 Å². The van der Waals surface area contributed by atoms with E-state index in [1.165, 1.54) is 0 Å². The van der Waals surface area contributed by atoms with Gasteiger partial charge in [0, 0.05) is 21.1 Å². The summed E-state index contributed by atoms with van der Waals surface area (Å²) >= 11 is 0. The molecule has 0 atom stereocenters. The van der Waals surface area contributed by atoms with E-state index in [1.54, 1.807) is 55.4 Å². The third-order valence-corrected chi connectivity index (χ3v) is 3.09. The summed E-state index contributed by atoms with van der Waals surface area (Å²) in [5, 5.41) is 51.7. The first-order valence-electron chi connectivity index (χ1n) is 6.53. The second kappa shape index (κ2) is 11.1. The number of aliphatic hydroxyl groups is 6. The van der Waals surface area contributed by atoms with Crippen LogP contribution in [0.2, 0.25) is 0 Å². The van der Waals surface area contributed by atoms with Gasteiger partial charge in [-0.05, 0) is 55.4 Å². The van der Waals surface area contributed by atoms with Crippen molar-refractivity contribution >= 4 is 0 Å². The van der Waals surface area contributed by atoms with Crippen LogP contribution in [-0.2, 0) is 21.1 Å². The Kier molecular flexibility index (Phi) is 15.5. The third kappa shape index (κ3) is 18.4. The van der Waals surface area contributed by atoms with Gasteiger partial charge in [-0.25, -0.2) is 0 Å². The molecule has 0 aromatic rings. The summed E-state index contributed by atoms with van der Waals surface area (Å²) in [5.74, 6) is 0. The predicted octanol–water partition coefficient (Wildman–Crippen LogP) is 0.0249. The first-order chi connectivity index (χ1) is 8.41. The first-order valence-corrected chi connectivity index (χ1v) is 6.53. The minimum atomic E-state index is -1.01. The first kappa shape index (κ1) is 29.5. The smallest absolute Gasteiger partial charge is 0.0872 e. The van der Waals surface area contributed by atoms with Gasteiger partial charge in [0.1, 0.15) is 0 Å². The quantitative estimate of drug-likeness (QED) is 0.338. The molecular formula is C14H34O6W. The minimum Gasteiger partial charge on any atom is -0.394 e. The summed E-state index contributed by atoms with van der Waals surface area (Å²) in [6, 6.07) is 0. The van der Waals surface area contributed by atoms with Crippen LogP contribution in [0, 0.1) is 0 Å². The Balaban J connectivity index is -0.000000107. The molecule has 0 saturated heterocycles. The Hall–Kier alpha value is 0.448. The van der Waals surface area contributed by atoms with E-state index in [0.29, 0.717) is 0 Å². The fourth-order valence-electron chi connectivity index (χ4n) is 0. The van der Waals surface area contributed by atoms with Crippen molar-refractivity contribution < 1.29 is 51.7 Å². The van der Waals surface area contributed by atoms with E-state index in [4.69, 9.17) is 30.6 Å². The molecule has 132 valence electrons. The zero-order chi connectivity index (χ0) is 17.4. The molecule has 0 rings (SSSR count). The molecule has 0 fully saturated rings. The SMILES string of the molecule is CC(C)(O)C(C)(C)O.CC(C)(O)C(C)(C)O.OCCO.[W]. The summed E-state index contributed by atoms with van der Waals surface area (Å²) in [4.78, 5) is 0. The van der Waals surface area contributed by atoms with Crippen LogP contribution in [0.3, 0.4) is 0 Å². The van der Waals surface area contributed by atoms with Gasteiger partial charge in [-0.2, -0.15) is 0 Å². The maximum absolute atomic E-state index is 9.10. The van der Waals surface area contributed by atoms with Crippen molar-refractivity contribution in [3.63, 3.8) is 0 Å². The summed E-state index contributed by atoms with van der Waals surface area (Å²) in [6.45, 7) is 12.4. The summed E-state index contributed by atoms with van der Waals surface area (Å²) in [7, 11) is 0. The minimum absolute atomic E-state index is 0. The topological polar surface area (TPSA) is 121 Å². The van der Waals surface area contributed by atoms with Crippen LogP contribution in [0.5, 0.6) is 0 Å². The summed E-state index contributed by atoms with van der Waals surface area (Å²) < 4.78 is 0. The van der Waals surface area contributed by atoms with Crippen molar-refractivity contribution in [3.8, 4) is 0 Å². The van der Waals surface area contributed by atoms with E-state index >= 15 is 0 Å². The van der Waals surface area contributed by atoms with Crippen LogP contribution < -0.4 is 0 Å².